The number of benzene rings is 2. The topological polar surface area (TPSA) is 64.1 Å². The summed E-state index contributed by atoms with van der Waals surface area (Å²) in [6.07, 6.45) is 1.72. The van der Waals surface area contributed by atoms with E-state index in [1.54, 1.807) is 37.4 Å². The first-order chi connectivity index (χ1) is 11.6. The number of ether oxygens (including phenoxy) is 1. The first-order valence-corrected chi connectivity index (χ1v) is 7.41. The van der Waals surface area contributed by atoms with E-state index in [2.05, 4.69) is 15.3 Å². The van der Waals surface area contributed by atoms with Crippen molar-refractivity contribution in [3.8, 4) is 5.75 Å². The van der Waals surface area contributed by atoms with Gasteiger partial charge in [-0.25, -0.2) is 14.4 Å². The third kappa shape index (κ3) is 3.32. The van der Waals surface area contributed by atoms with Crippen LogP contribution < -0.4 is 10.1 Å². The SMILES string of the molecule is COc1ccc(CNC(=O)c2ccc3cnc(C)nc3c2)cc1F. The summed E-state index contributed by atoms with van der Waals surface area (Å²) in [5.74, 6) is 0.120. The van der Waals surface area contributed by atoms with Crippen molar-refractivity contribution in [2.75, 3.05) is 7.11 Å². The molecule has 0 atom stereocenters. The van der Waals surface area contributed by atoms with Gasteiger partial charge < -0.3 is 10.1 Å². The number of hydrogen-bond donors (Lipinski definition) is 1. The third-order valence-corrected chi connectivity index (χ3v) is 3.63. The summed E-state index contributed by atoms with van der Waals surface area (Å²) >= 11 is 0. The molecule has 0 spiro atoms. The molecule has 0 saturated carbocycles. The molecule has 0 bridgehead atoms. The van der Waals surface area contributed by atoms with Crippen LogP contribution in [0.25, 0.3) is 10.9 Å². The average Bonchev–Trinajstić information content (AvgIpc) is 2.59. The summed E-state index contributed by atoms with van der Waals surface area (Å²) < 4.78 is 18.5. The molecule has 0 unspecified atom stereocenters. The Labute approximate surface area is 138 Å². The summed E-state index contributed by atoms with van der Waals surface area (Å²) in [4.78, 5) is 20.7. The summed E-state index contributed by atoms with van der Waals surface area (Å²) in [5, 5.41) is 3.64. The number of methoxy groups -OCH3 is 1. The zero-order chi connectivity index (χ0) is 17.1. The van der Waals surface area contributed by atoms with Gasteiger partial charge in [-0.3, -0.25) is 4.79 Å². The zero-order valence-corrected chi connectivity index (χ0v) is 13.3. The van der Waals surface area contributed by atoms with Gasteiger partial charge >= 0.3 is 0 Å². The van der Waals surface area contributed by atoms with Gasteiger partial charge in [0, 0.05) is 23.7 Å². The predicted octanol–water partition coefficient (Wildman–Crippen LogP) is 3.02. The minimum absolute atomic E-state index is 0.176. The Bertz CT molecular complexity index is 912. The van der Waals surface area contributed by atoms with E-state index in [1.807, 2.05) is 0 Å². The number of fused-ring (bicyclic) bond motifs is 1. The number of hydrogen-bond acceptors (Lipinski definition) is 4. The van der Waals surface area contributed by atoms with Crippen LogP contribution in [0.2, 0.25) is 0 Å². The van der Waals surface area contributed by atoms with Crippen molar-refractivity contribution < 1.29 is 13.9 Å². The van der Waals surface area contributed by atoms with Crippen LogP contribution in [-0.4, -0.2) is 23.0 Å². The second-order valence-electron chi connectivity index (χ2n) is 5.34. The summed E-state index contributed by atoms with van der Waals surface area (Å²) in [5.41, 5.74) is 1.86. The Balaban J connectivity index is 1.74. The van der Waals surface area contributed by atoms with Crippen molar-refractivity contribution in [2.45, 2.75) is 13.5 Å². The molecule has 122 valence electrons. The Hall–Kier alpha value is -3.02. The lowest BCUT2D eigenvalue weighted by atomic mass is 10.1. The largest absolute Gasteiger partial charge is 0.494 e. The number of nitrogens with zero attached hydrogens (tertiary/aromatic N) is 2. The maximum atomic E-state index is 13.7. The highest BCUT2D eigenvalue weighted by atomic mass is 19.1. The van der Waals surface area contributed by atoms with Crippen molar-refractivity contribution in [3.63, 3.8) is 0 Å². The molecular formula is C18H16FN3O2. The molecule has 2 aromatic carbocycles. The molecule has 0 fully saturated rings. The average molecular weight is 325 g/mol. The van der Waals surface area contributed by atoms with Crippen LogP contribution in [0.3, 0.4) is 0 Å². The van der Waals surface area contributed by atoms with Crippen molar-refractivity contribution in [1.82, 2.24) is 15.3 Å². The third-order valence-electron chi connectivity index (χ3n) is 3.63. The summed E-state index contributed by atoms with van der Waals surface area (Å²) in [7, 11) is 1.41. The second kappa shape index (κ2) is 6.62. The van der Waals surface area contributed by atoms with E-state index in [0.29, 0.717) is 22.5 Å². The van der Waals surface area contributed by atoms with Crippen LogP contribution in [0.15, 0.2) is 42.6 Å². The molecule has 1 heterocycles. The van der Waals surface area contributed by atoms with Crippen molar-refractivity contribution in [3.05, 3.63) is 65.4 Å². The Morgan fingerprint density at radius 1 is 1.25 bits per heavy atom. The van der Waals surface area contributed by atoms with Gasteiger partial charge in [0.25, 0.3) is 5.91 Å². The molecule has 3 aromatic rings. The molecular weight excluding hydrogens is 309 g/mol. The molecule has 5 nitrogen and oxygen atoms in total. The normalized spacial score (nSPS) is 10.6. The highest BCUT2D eigenvalue weighted by Gasteiger charge is 2.09. The molecule has 0 radical (unpaired) electrons. The van der Waals surface area contributed by atoms with Gasteiger partial charge in [0.1, 0.15) is 5.82 Å². The zero-order valence-electron chi connectivity index (χ0n) is 13.3. The van der Waals surface area contributed by atoms with Crippen molar-refractivity contribution >= 4 is 16.8 Å². The fraction of sp³-hybridized carbons (Fsp3) is 0.167. The number of amides is 1. The minimum atomic E-state index is -0.456. The van der Waals surface area contributed by atoms with Gasteiger partial charge in [-0.15, -0.1) is 0 Å². The molecule has 0 aliphatic heterocycles. The maximum absolute atomic E-state index is 13.7. The highest BCUT2D eigenvalue weighted by molar-refractivity contribution is 5.97. The first-order valence-electron chi connectivity index (χ1n) is 7.41. The quantitative estimate of drug-likeness (QED) is 0.801. The number of nitrogens with one attached hydrogen (secondary N) is 1. The second-order valence-corrected chi connectivity index (χ2v) is 5.34. The fourth-order valence-corrected chi connectivity index (χ4v) is 2.36. The maximum Gasteiger partial charge on any atom is 0.251 e. The number of carbonyl (C=O) groups excluding carboxylic acids is 1. The van der Waals surface area contributed by atoms with Crippen LogP contribution in [0.4, 0.5) is 4.39 Å². The number of aromatic nitrogens is 2. The smallest absolute Gasteiger partial charge is 0.251 e. The number of carbonyl (C=O) groups is 1. The number of rotatable bonds is 4. The van der Waals surface area contributed by atoms with E-state index in [4.69, 9.17) is 4.74 Å². The van der Waals surface area contributed by atoms with Crippen LogP contribution in [0.5, 0.6) is 5.75 Å². The Morgan fingerprint density at radius 2 is 2.08 bits per heavy atom. The van der Waals surface area contributed by atoms with Crippen LogP contribution in [0.1, 0.15) is 21.7 Å². The lowest BCUT2D eigenvalue weighted by Crippen LogP contribution is -2.22. The molecule has 3 rings (SSSR count). The Morgan fingerprint density at radius 3 is 2.83 bits per heavy atom. The number of halogens is 1. The number of aryl methyl sites for hydroxylation is 1. The first kappa shape index (κ1) is 15.9. The van der Waals surface area contributed by atoms with Gasteiger partial charge in [0.05, 0.1) is 12.6 Å². The van der Waals surface area contributed by atoms with Gasteiger partial charge in [-0.1, -0.05) is 12.1 Å². The van der Waals surface area contributed by atoms with Crippen LogP contribution in [-0.2, 0) is 6.54 Å². The van der Waals surface area contributed by atoms with Gasteiger partial charge in [-0.05, 0) is 36.8 Å². The van der Waals surface area contributed by atoms with Gasteiger partial charge in [0.2, 0.25) is 0 Å². The molecule has 0 aliphatic carbocycles. The predicted molar refractivity (Wildman–Crippen MR) is 88.4 cm³/mol. The standard InChI is InChI=1S/C18H16FN3O2/c1-11-20-10-14-5-4-13(8-16(14)22-11)18(23)21-9-12-3-6-17(24-2)15(19)7-12/h3-8,10H,9H2,1-2H3,(H,21,23). The minimum Gasteiger partial charge on any atom is -0.494 e. The highest BCUT2D eigenvalue weighted by Crippen LogP contribution is 2.18. The van der Waals surface area contributed by atoms with Crippen LogP contribution in [0, 0.1) is 12.7 Å². The molecule has 0 saturated heterocycles. The lowest BCUT2D eigenvalue weighted by molar-refractivity contribution is 0.0951. The Kier molecular flexibility index (Phi) is 4.37. The van der Waals surface area contributed by atoms with E-state index in [1.165, 1.54) is 19.2 Å². The van der Waals surface area contributed by atoms with Crippen molar-refractivity contribution in [1.29, 1.82) is 0 Å². The molecule has 24 heavy (non-hydrogen) atoms. The molecule has 0 aliphatic rings. The molecule has 1 N–H and O–H groups in total. The monoisotopic (exact) mass is 325 g/mol. The van der Waals surface area contributed by atoms with Crippen molar-refractivity contribution in [2.24, 2.45) is 0 Å². The van der Waals surface area contributed by atoms with E-state index < -0.39 is 5.82 Å². The van der Waals surface area contributed by atoms with Gasteiger partial charge in [0.15, 0.2) is 11.6 Å². The molecule has 6 heteroatoms. The van der Waals surface area contributed by atoms with E-state index in [9.17, 15) is 9.18 Å². The summed E-state index contributed by atoms with van der Waals surface area (Å²) in [6.45, 7) is 2.02. The lowest BCUT2D eigenvalue weighted by Gasteiger charge is -2.08. The fourth-order valence-electron chi connectivity index (χ4n) is 2.36. The van der Waals surface area contributed by atoms with Gasteiger partial charge in [-0.2, -0.15) is 0 Å². The summed E-state index contributed by atoms with van der Waals surface area (Å²) in [6, 6.07) is 9.82. The van der Waals surface area contributed by atoms with Crippen LogP contribution >= 0.6 is 0 Å². The van der Waals surface area contributed by atoms with E-state index in [0.717, 1.165) is 5.39 Å². The molecule has 1 amide bonds. The molecule has 1 aromatic heterocycles. The van der Waals surface area contributed by atoms with E-state index in [-0.39, 0.29) is 18.2 Å². The van der Waals surface area contributed by atoms with E-state index >= 15 is 0 Å².